The van der Waals surface area contributed by atoms with E-state index in [0.29, 0.717) is 0 Å². The summed E-state index contributed by atoms with van der Waals surface area (Å²) >= 11 is 0. The van der Waals surface area contributed by atoms with Gasteiger partial charge in [0.05, 0.1) is 9.79 Å². The van der Waals surface area contributed by atoms with E-state index in [1.54, 1.807) is 0 Å². The molecular formula is C18H6F14Li2O12S5. The average Bonchev–Trinajstić information content (AvgIpc) is 2.90. The van der Waals surface area contributed by atoms with Gasteiger partial charge in [-0.15, -0.1) is 0 Å². The summed E-state index contributed by atoms with van der Waals surface area (Å²) in [6, 6.07) is -3.53. The average molecular weight is 854 g/mol. The summed E-state index contributed by atoms with van der Waals surface area (Å²) in [4.78, 5) is -9.16. The molecule has 12 nitrogen and oxygen atoms in total. The summed E-state index contributed by atoms with van der Waals surface area (Å²) in [5.41, 5.74) is 0. The van der Waals surface area contributed by atoms with Crippen molar-refractivity contribution in [2.75, 3.05) is 0 Å². The Hall–Kier alpha value is -1.68. The van der Waals surface area contributed by atoms with Crippen LogP contribution in [-0.4, -0.2) is 84.1 Å². The van der Waals surface area contributed by atoms with Gasteiger partial charge < -0.3 is 9.11 Å². The minimum Gasteiger partial charge on any atom is -0.743 e. The molecule has 51 heavy (non-hydrogen) atoms. The molecule has 2 aromatic carbocycles. The van der Waals surface area contributed by atoms with Crippen molar-refractivity contribution < 1.29 is 150 Å². The van der Waals surface area contributed by atoms with E-state index in [4.69, 9.17) is 0 Å². The molecule has 0 amide bonds. The smallest absolute Gasteiger partial charge is 0.743 e. The SMILES string of the molecule is O=S(=O)(c1ccc(S(=O)(=O)C(F)(F)C(F)(F)C(F)(F)S(=O)(=O)[O-])c(F)c1)c1ccc(S(=O)(=O)C(F)(F)C(F)(F)C(F)(F)S(=O)(=O)[O-])c(F)c1.[Li+].[Li+]. The Morgan fingerprint density at radius 3 is 0.863 bits per heavy atom. The van der Waals surface area contributed by atoms with Gasteiger partial charge in [-0.25, -0.2) is 50.9 Å². The van der Waals surface area contributed by atoms with Gasteiger partial charge in [0.2, 0.25) is 9.84 Å². The third-order valence-electron chi connectivity index (χ3n) is 5.77. The molecule has 0 aliphatic rings. The van der Waals surface area contributed by atoms with Crippen molar-refractivity contribution in [2.24, 2.45) is 0 Å². The molecule has 0 heterocycles. The van der Waals surface area contributed by atoms with Crippen molar-refractivity contribution >= 4 is 49.7 Å². The first-order valence-electron chi connectivity index (χ1n) is 10.8. The molecule has 0 saturated carbocycles. The van der Waals surface area contributed by atoms with Gasteiger partial charge in [-0.1, -0.05) is 0 Å². The molecular weight excluding hydrogens is 848 g/mol. The summed E-state index contributed by atoms with van der Waals surface area (Å²) in [5.74, 6) is -21.0. The maximum Gasteiger partial charge on any atom is 1.00 e. The fourth-order valence-corrected chi connectivity index (χ4v) is 8.04. The van der Waals surface area contributed by atoms with Crippen LogP contribution in [0.4, 0.5) is 61.5 Å². The van der Waals surface area contributed by atoms with Gasteiger partial charge in [-0.05, 0) is 36.4 Å². The Bertz CT molecular complexity index is 2110. The zero-order valence-corrected chi connectivity index (χ0v) is 27.8. The summed E-state index contributed by atoms with van der Waals surface area (Å²) in [7, 11) is -36.4. The number of hydrogen-bond acceptors (Lipinski definition) is 12. The fourth-order valence-electron chi connectivity index (χ4n) is 3.14. The van der Waals surface area contributed by atoms with E-state index in [9.17, 15) is 113 Å². The molecule has 0 radical (unpaired) electrons. The number of sulfone groups is 3. The Balaban J connectivity index is 0.0000125. The predicted octanol–water partition coefficient (Wildman–Crippen LogP) is -2.91. The molecule has 0 aliphatic carbocycles. The van der Waals surface area contributed by atoms with E-state index in [0.717, 1.165) is 0 Å². The molecule has 0 unspecified atom stereocenters. The quantitative estimate of drug-likeness (QED) is 0.119. The van der Waals surface area contributed by atoms with Crippen LogP contribution in [0.25, 0.3) is 0 Å². The number of alkyl halides is 12. The molecule has 0 N–H and O–H groups in total. The summed E-state index contributed by atoms with van der Waals surface area (Å²) in [5, 5.41) is -29.5. The largest absolute Gasteiger partial charge is 1.00 e. The fraction of sp³-hybridized carbons (Fsp3) is 0.333. The summed E-state index contributed by atoms with van der Waals surface area (Å²) in [6.45, 7) is 0. The second kappa shape index (κ2) is 13.9. The molecule has 0 saturated heterocycles. The van der Waals surface area contributed by atoms with Gasteiger partial charge in [0, 0.05) is 0 Å². The molecule has 0 aliphatic heterocycles. The third-order valence-corrected chi connectivity index (χ3v) is 13.0. The van der Waals surface area contributed by atoms with Crippen LogP contribution < -0.4 is 37.7 Å². The van der Waals surface area contributed by atoms with E-state index in [1.165, 1.54) is 0 Å². The molecule has 2 aromatic rings. The minimum absolute atomic E-state index is 0. The first kappa shape index (κ1) is 49.3. The Labute approximate surface area is 299 Å². The topological polar surface area (TPSA) is 217 Å². The van der Waals surface area contributed by atoms with E-state index < -0.39 is 138 Å². The Morgan fingerprint density at radius 1 is 0.431 bits per heavy atom. The van der Waals surface area contributed by atoms with Gasteiger partial charge in [-0.2, -0.15) is 52.7 Å². The maximum atomic E-state index is 14.5. The van der Waals surface area contributed by atoms with E-state index in [-0.39, 0.29) is 49.9 Å². The van der Waals surface area contributed by atoms with Crippen molar-refractivity contribution in [3.63, 3.8) is 0 Å². The number of rotatable bonds is 12. The van der Waals surface area contributed by atoms with Gasteiger partial charge in [0.1, 0.15) is 21.4 Å². The zero-order chi connectivity index (χ0) is 39.2. The number of hydrogen-bond donors (Lipinski definition) is 0. The first-order valence-corrected chi connectivity index (χ1v) is 18.0. The van der Waals surface area contributed by atoms with Gasteiger partial charge in [-0.3, -0.25) is 0 Å². The van der Waals surface area contributed by atoms with Crippen molar-refractivity contribution in [1.82, 2.24) is 0 Å². The molecule has 0 aromatic heterocycles. The van der Waals surface area contributed by atoms with Crippen LogP contribution >= 0.6 is 0 Å². The standard InChI is InChI=1S/C18H8F14O12S5.2Li/c19-9-5-7(1-3-11(9)46(35,36)15(25,26)13(21,22)17(29,30)48(39,40)41)45(33,34)8-2-4-12(10(20)6-8)47(37,38)16(27,28)14(23,24)18(31,32)49(42,43)44;;/h1-6H,(H,39,40,41)(H,42,43,44);;/q;2*+1/p-2. The molecule has 0 fully saturated rings. The van der Waals surface area contributed by atoms with Crippen LogP contribution in [0.5, 0.6) is 0 Å². The van der Waals surface area contributed by atoms with Gasteiger partial charge in [0.15, 0.2) is 20.2 Å². The molecule has 2 rings (SSSR count). The van der Waals surface area contributed by atoms with Crippen LogP contribution in [0, 0.1) is 11.6 Å². The van der Waals surface area contributed by atoms with Crippen LogP contribution in [0.2, 0.25) is 0 Å². The van der Waals surface area contributed by atoms with Crippen LogP contribution in [0.3, 0.4) is 0 Å². The molecule has 280 valence electrons. The van der Waals surface area contributed by atoms with Crippen LogP contribution in [0.1, 0.15) is 0 Å². The van der Waals surface area contributed by atoms with Crippen LogP contribution in [-0.2, 0) is 49.7 Å². The van der Waals surface area contributed by atoms with E-state index in [2.05, 4.69) is 0 Å². The second-order valence-corrected chi connectivity index (χ2v) is 17.5. The Morgan fingerprint density at radius 2 is 0.667 bits per heavy atom. The zero-order valence-electron chi connectivity index (χ0n) is 23.7. The van der Waals surface area contributed by atoms with Crippen molar-refractivity contribution in [3.8, 4) is 0 Å². The maximum absolute atomic E-state index is 14.5. The van der Waals surface area contributed by atoms with Gasteiger partial charge >= 0.3 is 70.6 Å². The molecule has 0 spiro atoms. The predicted molar refractivity (Wildman–Crippen MR) is 122 cm³/mol. The molecule has 33 heteroatoms. The van der Waals surface area contributed by atoms with E-state index >= 15 is 0 Å². The van der Waals surface area contributed by atoms with Crippen molar-refractivity contribution in [3.05, 3.63) is 48.0 Å². The van der Waals surface area contributed by atoms with Crippen molar-refractivity contribution in [2.45, 2.75) is 52.4 Å². The van der Waals surface area contributed by atoms with Gasteiger partial charge in [0.25, 0.3) is 19.7 Å². The summed E-state index contributed by atoms with van der Waals surface area (Å²) < 4.78 is 330. The monoisotopic (exact) mass is 854 g/mol. The molecule has 0 atom stereocenters. The number of benzene rings is 2. The number of halogens is 14. The summed E-state index contributed by atoms with van der Waals surface area (Å²) in [6.07, 6.45) is 0. The third kappa shape index (κ3) is 7.16. The first-order chi connectivity index (χ1) is 21.2. The second-order valence-electron chi connectivity index (χ2n) is 8.82. The minimum atomic E-state index is -7.76. The van der Waals surface area contributed by atoms with E-state index in [1.807, 2.05) is 0 Å². The molecule has 0 bridgehead atoms. The van der Waals surface area contributed by atoms with Crippen molar-refractivity contribution in [1.29, 1.82) is 0 Å². The van der Waals surface area contributed by atoms with Crippen LogP contribution in [0.15, 0.2) is 56.0 Å². The normalized spacial score (nSPS) is 14.7. The Kier molecular flexibility index (Phi) is 13.4.